The monoisotopic (exact) mass is 406 g/mol. The van der Waals surface area contributed by atoms with E-state index in [1.807, 2.05) is 25.5 Å². The Morgan fingerprint density at radius 2 is 1.93 bits per heavy atom. The summed E-state index contributed by atoms with van der Waals surface area (Å²) in [5, 5.41) is 3.11. The lowest BCUT2D eigenvalue weighted by Gasteiger charge is -2.11. The van der Waals surface area contributed by atoms with Gasteiger partial charge in [-0.1, -0.05) is 18.2 Å². The molecule has 0 radical (unpaired) electrons. The molecular weight excluding hydrogens is 380 g/mol. The minimum Gasteiger partial charge on any atom is -0.366 e. The highest BCUT2D eigenvalue weighted by Gasteiger charge is 2.10. The van der Waals surface area contributed by atoms with E-state index in [2.05, 4.69) is 48.2 Å². The zero-order valence-corrected chi connectivity index (χ0v) is 18.1. The Morgan fingerprint density at radius 3 is 2.59 bits per heavy atom. The molecule has 0 saturated carbocycles. The Kier molecular flexibility index (Phi) is 6.44. The van der Waals surface area contributed by atoms with E-state index >= 15 is 0 Å². The van der Waals surface area contributed by atoms with Gasteiger partial charge in [-0.15, -0.1) is 11.3 Å². The molecule has 1 heterocycles. The molecule has 0 saturated heterocycles. The van der Waals surface area contributed by atoms with Gasteiger partial charge in [0.2, 0.25) is 5.91 Å². The zero-order chi connectivity index (χ0) is 21.0. The lowest BCUT2D eigenvalue weighted by molar-refractivity contribution is 0.100. The fourth-order valence-electron chi connectivity index (χ4n) is 2.93. The Labute approximate surface area is 175 Å². The standard InChI is InChI=1S/C23H26N4OS/c1-5-27(4)14-25-20-11-15(2)19(10-16(20)3)12-22-26-21(13-29-22)17-6-8-18(9-7-17)23(24)28/h6-11,13-14H,5,12H2,1-4H3,(H2,24,28). The van der Waals surface area contributed by atoms with Crippen LogP contribution in [-0.2, 0) is 6.42 Å². The van der Waals surface area contributed by atoms with Crippen molar-refractivity contribution in [3.05, 3.63) is 69.0 Å². The van der Waals surface area contributed by atoms with Crippen molar-refractivity contribution >= 4 is 29.3 Å². The SMILES string of the molecule is CCN(C)C=Nc1cc(C)c(Cc2nc(-c3ccc(C(N)=O)cc3)cs2)cc1C. The van der Waals surface area contributed by atoms with Crippen LogP contribution >= 0.6 is 11.3 Å². The van der Waals surface area contributed by atoms with Crippen LogP contribution in [0.25, 0.3) is 11.3 Å². The molecule has 0 fully saturated rings. The molecule has 1 aromatic heterocycles. The lowest BCUT2D eigenvalue weighted by atomic mass is 10.0. The summed E-state index contributed by atoms with van der Waals surface area (Å²) in [7, 11) is 2.02. The van der Waals surface area contributed by atoms with E-state index in [1.165, 1.54) is 11.1 Å². The second-order valence-electron chi connectivity index (χ2n) is 7.13. The topological polar surface area (TPSA) is 71.6 Å². The maximum absolute atomic E-state index is 11.2. The van der Waals surface area contributed by atoms with Crippen molar-refractivity contribution in [3.8, 4) is 11.3 Å². The van der Waals surface area contributed by atoms with Gasteiger partial charge in [-0.25, -0.2) is 9.98 Å². The zero-order valence-electron chi connectivity index (χ0n) is 17.3. The molecule has 0 atom stereocenters. The number of hydrogen-bond acceptors (Lipinski definition) is 4. The predicted octanol–water partition coefficient (Wildman–Crippen LogP) is 4.73. The van der Waals surface area contributed by atoms with E-state index in [0.717, 1.165) is 40.5 Å². The third-order valence-electron chi connectivity index (χ3n) is 4.91. The third kappa shape index (κ3) is 5.09. The second kappa shape index (κ2) is 9.01. The van der Waals surface area contributed by atoms with Crippen LogP contribution in [0.5, 0.6) is 0 Å². The van der Waals surface area contributed by atoms with Crippen molar-refractivity contribution in [2.24, 2.45) is 10.7 Å². The molecule has 150 valence electrons. The number of nitrogens with zero attached hydrogens (tertiary/aromatic N) is 3. The third-order valence-corrected chi connectivity index (χ3v) is 5.75. The molecule has 2 aromatic carbocycles. The number of aromatic nitrogens is 1. The van der Waals surface area contributed by atoms with Crippen molar-refractivity contribution in [1.82, 2.24) is 9.88 Å². The van der Waals surface area contributed by atoms with E-state index in [0.29, 0.717) is 5.56 Å². The highest BCUT2D eigenvalue weighted by molar-refractivity contribution is 7.10. The average Bonchev–Trinajstić information content (AvgIpc) is 3.17. The van der Waals surface area contributed by atoms with Crippen LogP contribution in [0.4, 0.5) is 5.69 Å². The van der Waals surface area contributed by atoms with Crippen molar-refractivity contribution in [2.75, 3.05) is 13.6 Å². The molecule has 2 N–H and O–H groups in total. The number of aryl methyl sites for hydroxylation is 2. The summed E-state index contributed by atoms with van der Waals surface area (Å²) in [6.45, 7) is 7.24. The molecule has 1 amide bonds. The first-order chi connectivity index (χ1) is 13.9. The summed E-state index contributed by atoms with van der Waals surface area (Å²) in [6.07, 6.45) is 2.66. The molecule has 0 aliphatic heterocycles. The van der Waals surface area contributed by atoms with Gasteiger partial charge in [-0.3, -0.25) is 4.79 Å². The number of rotatable bonds is 7. The maximum atomic E-state index is 11.2. The number of thiazole rings is 1. The first kappa shape index (κ1) is 20.7. The molecule has 6 heteroatoms. The van der Waals surface area contributed by atoms with E-state index in [1.54, 1.807) is 23.5 Å². The minimum atomic E-state index is -0.421. The normalized spacial score (nSPS) is 11.2. The Hall–Kier alpha value is -2.99. The van der Waals surface area contributed by atoms with Gasteiger partial charge in [0, 0.05) is 36.5 Å². The van der Waals surface area contributed by atoms with Gasteiger partial charge >= 0.3 is 0 Å². The first-order valence-electron chi connectivity index (χ1n) is 9.56. The number of nitrogens with two attached hydrogens (primary N) is 1. The van der Waals surface area contributed by atoms with Crippen LogP contribution in [0.3, 0.4) is 0 Å². The van der Waals surface area contributed by atoms with Gasteiger partial charge in [0.1, 0.15) is 0 Å². The molecule has 5 nitrogen and oxygen atoms in total. The number of carbonyl (C=O) groups is 1. The van der Waals surface area contributed by atoms with Crippen LogP contribution in [0, 0.1) is 13.8 Å². The molecule has 3 aromatic rings. The van der Waals surface area contributed by atoms with Crippen LogP contribution in [0.15, 0.2) is 46.8 Å². The summed E-state index contributed by atoms with van der Waals surface area (Å²) in [4.78, 5) is 22.7. The van der Waals surface area contributed by atoms with Gasteiger partial charge in [0.25, 0.3) is 0 Å². The van der Waals surface area contributed by atoms with Crippen LogP contribution in [-0.4, -0.2) is 35.7 Å². The highest BCUT2D eigenvalue weighted by atomic mass is 32.1. The van der Waals surface area contributed by atoms with Gasteiger partial charge in [0.15, 0.2) is 0 Å². The lowest BCUT2D eigenvalue weighted by Crippen LogP contribution is -2.14. The maximum Gasteiger partial charge on any atom is 0.248 e. The van der Waals surface area contributed by atoms with E-state index in [4.69, 9.17) is 10.7 Å². The molecule has 0 spiro atoms. The quantitative estimate of drug-likeness (QED) is 0.455. The van der Waals surface area contributed by atoms with Crippen molar-refractivity contribution < 1.29 is 4.79 Å². The molecule has 29 heavy (non-hydrogen) atoms. The van der Waals surface area contributed by atoms with Gasteiger partial charge < -0.3 is 10.6 Å². The number of aliphatic imine (C=N–C) groups is 1. The molecule has 3 rings (SSSR count). The van der Waals surface area contributed by atoms with Crippen molar-refractivity contribution in [1.29, 1.82) is 0 Å². The molecule has 0 aliphatic rings. The molecular formula is C23H26N4OS. The summed E-state index contributed by atoms with van der Waals surface area (Å²) in [5.41, 5.74) is 12.3. The minimum absolute atomic E-state index is 0.421. The first-order valence-corrected chi connectivity index (χ1v) is 10.4. The van der Waals surface area contributed by atoms with Crippen LogP contribution in [0.1, 0.15) is 39.0 Å². The second-order valence-corrected chi connectivity index (χ2v) is 8.07. The number of amides is 1. The van der Waals surface area contributed by atoms with Crippen molar-refractivity contribution in [3.63, 3.8) is 0 Å². The number of hydrogen-bond donors (Lipinski definition) is 1. The van der Waals surface area contributed by atoms with E-state index in [9.17, 15) is 4.79 Å². The molecule has 0 bridgehead atoms. The Morgan fingerprint density at radius 1 is 1.21 bits per heavy atom. The number of carbonyl (C=O) groups excluding carboxylic acids is 1. The Bertz CT molecular complexity index is 1040. The number of benzene rings is 2. The van der Waals surface area contributed by atoms with Gasteiger partial charge in [0.05, 0.1) is 22.7 Å². The summed E-state index contributed by atoms with van der Waals surface area (Å²) < 4.78 is 0. The van der Waals surface area contributed by atoms with Gasteiger partial charge in [-0.2, -0.15) is 0 Å². The molecule has 0 aliphatic carbocycles. The summed E-state index contributed by atoms with van der Waals surface area (Å²) in [6, 6.07) is 11.6. The fourth-order valence-corrected chi connectivity index (χ4v) is 3.75. The number of primary amides is 1. The Balaban J connectivity index is 1.78. The van der Waals surface area contributed by atoms with Crippen LogP contribution in [0.2, 0.25) is 0 Å². The highest BCUT2D eigenvalue weighted by Crippen LogP contribution is 2.28. The average molecular weight is 407 g/mol. The summed E-state index contributed by atoms with van der Waals surface area (Å²) in [5.74, 6) is -0.421. The van der Waals surface area contributed by atoms with Gasteiger partial charge in [-0.05, 0) is 55.7 Å². The smallest absolute Gasteiger partial charge is 0.248 e. The van der Waals surface area contributed by atoms with E-state index in [-0.39, 0.29) is 0 Å². The predicted molar refractivity (Wildman–Crippen MR) is 121 cm³/mol. The van der Waals surface area contributed by atoms with Crippen molar-refractivity contribution in [2.45, 2.75) is 27.2 Å². The van der Waals surface area contributed by atoms with Crippen LogP contribution < -0.4 is 5.73 Å². The van der Waals surface area contributed by atoms with E-state index < -0.39 is 5.91 Å². The fraction of sp³-hybridized carbons (Fsp3) is 0.261. The molecule has 0 unspecified atom stereocenters. The largest absolute Gasteiger partial charge is 0.366 e. The summed E-state index contributed by atoms with van der Waals surface area (Å²) >= 11 is 1.65.